The summed E-state index contributed by atoms with van der Waals surface area (Å²) in [5.41, 5.74) is 7.38. The number of unbranched alkanes of at least 4 members (excludes halogenated alkanes) is 1. The number of hydrogen-bond acceptors (Lipinski definition) is 0. The lowest BCUT2D eigenvalue weighted by Gasteiger charge is -2.19. The van der Waals surface area contributed by atoms with Crippen LogP contribution in [0.1, 0.15) is 61.4 Å². The molecule has 0 fully saturated rings. The van der Waals surface area contributed by atoms with Crippen LogP contribution in [0.15, 0.2) is 42.5 Å². The van der Waals surface area contributed by atoms with Crippen LogP contribution in [-0.4, -0.2) is 0 Å². The Kier molecular flexibility index (Phi) is 8.58. The average molecular weight is 296 g/mol. The molecular formula is C22H32. The van der Waals surface area contributed by atoms with Gasteiger partial charge in [-0.25, -0.2) is 0 Å². The van der Waals surface area contributed by atoms with Gasteiger partial charge in [0.25, 0.3) is 0 Å². The molecule has 120 valence electrons. The lowest BCUT2D eigenvalue weighted by molar-refractivity contribution is 0.782. The van der Waals surface area contributed by atoms with Crippen molar-refractivity contribution in [3.63, 3.8) is 0 Å². The molecule has 0 N–H and O–H groups in total. The molecule has 0 aliphatic heterocycles. The van der Waals surface area contributed by atoms with Gasteiger partial charge in [-0.1, -0.05) is 80.8 Å². The minimum absolute atomic E-state index is 1.27. The van der Waals surface area contributed by atoms with Crippen molar-refractivity contribution in [1.29, 1.82) is 0 Å². The molecule has 0 aromatic heterocycles. The number of benzene rings is 2. The highest BCUT2D eigenvalue weighted by atomic mass is 14.2. The average Bonchev–Trinajstić information content (AvgIpc) is 2.53. The van der Waals surface area contributed by atoms with Gasteiger partial charge in [0.2, 0.25) is 0 Å². The van der Waals surface area contributed by atoms with Crippen LogP contribution in [-0.2, 0) is 19.3 Å². The molecule has 0 unspecified atom stereocenters. The smallest absolute Gasteiger partial charge is 0.0235 e. The topological polar surface area (TPSA) is 0 Å². The minimum Gasteiger partial charge on any atom is -0.0683 e. The Morgan fingerprint density at radius 3 is 1.73 bits per heavy atom. The molecule has 3 rings (SSSR count). The highest BCUT2D eigenvalue weighted by Crippen LogP contribution is 2.24. The van der Waals surface area contributed by atoms with Crippen LogP contribution in [0, 0.1) is 13.8 Å². The van der Waals surface area contributed by atoms with Gasteiger partial charge in [-0.15, -0.1) is 0 Å². The van der Waals surface area contributed by atoms with Crippen molar-refractivity contribution in [2.24, 2.45) is 0 Å². The standard InChI is InChI=1S/C12H16.C8H10.C2H6/c1-2-3-4-10-5-6-11-7-8-12(11)9-10;1-7-3-5-8(2)6-4-7;1-2/h5-6,9H,2-4,7-8H2,1H3;3-6H,1-2H3;1-2H3. The Bertz CT molecular complexity index is 513. The van der Waals surface area contributed by atoms with Crippen molar-refractivity contribution in [3.05, 3.63) is 70.3 Å². The summed E-state index contributed by atoms with van der Waals surface area (Å²) in [6.07, 6.45) is 6.53. The summed E-state index contributed by atoms with van der Waals surface area (Å²) >= 11 is 0. The van der Waals surface area contributed by atoms with Gasteiger partial charge in [0.15, 0.2) is 0 Å². The molecule has 0 saturated heterocycles. The summed E-state index contributed by atoms with van der Waals surface area (Å²) in [5, 5.41) is 0. The third-order valence-electron chi connectivity index (χ3n) is 3.97. The van der Waals surface area contributed by atoms with Gasteiger partial charge >= 0.3 is 0 Å². The molecule has 0 bridgehead atoms. The Balaban J connectivity index is 0.000000211. The molecule has 22 heavy (non-hydrogen) atoms. The zero-order valence-electron chi connectivity index (χ0n) is 15.1. The summed E-state index contributed by atoms with van der Waals surface area (Å²) in [6, 6.07) is 15.5. The van der Waals surface area contributed by atoms with Crippen LogP contribution in [0.5, 0.6) is 0 Å². The summed E-state index contributed by atoms with van der Waals surface area (Å²) in [6.45, 7) is 10.4. The van der Waals surface area contributed by atoms with E-state index in [1.165, 1.54) is 48.8 Å². The molecule has 0 atom stereocenters. The molecule has 2 aromatic rings. The maximum Gasteiger partial charge on any atom is -0.0235 e. The second kappa shape index (κ2) is 10.2. The molecule has 0 nitrogen and oxygen atoms in total. The Labute approximate surface area is 137 Å². The molecular weight excluding hydrogens is 264 g/mol. The van der Waals surface area contributed by atoms with Crippen LogP contribution >= 0.6 is 0 Å². The van der Waals surface area contributed by atoms with Gasteiger partial charge in [0, 0.05) is 0 Å². The SMILES string of the molecule is CC.CCCCc1ccc2c(c1)CC2.Cc1ccc(C)cc1. The Morgan fingerprint density at radius 2 is 1.32 bits per heavy atom. The molecule has 2 aromatic carbocycles. The van der Waals surface area contributed by atoms with E-state index in [2.05, 4.69) is 63.2 Å². The van der Waals surface area contributed by atoms with E-state index in [4.69, 9.17) is 0 Å². The zero-order valence-corrected chi connectivity index (χ0v) is 15.1. The maximum absolute atomic E-state index is 2.40. The minimum atomic E-state index is 1.27. The summed E-state index contributed by atoms with van der Waals surface area (Å²) in [7, 11) is 0. The number of fused-ring (bicyclic) bond motifs is 1. The van der Waals surface area contributed by atoms with Crippen molar-refractivity contribution in [3.8, 4) is 0 Å². The predicted molar refractivity (Wildman–Crippen MR) is 99.7 cm³/mol. The summed E-state index contributed by atoms with van der Waals surface area (Å²) in [5.74, 6) is 0. The fourth-order valence-corrected chi connectivity index (χ4v) is 2.42. The van der Waals surface area contributed by atoms with E-state index in [-0.39, 0.29) is 0 Å². The number of aryl methyl sites for hydroxylation is 5. The fraction of sp³-hybridized carbons (Fsp3) is 0.455. The van der Waals surface area contributed by atoms with Crippen molar-refractivity contribution < 1.29 is 0 Å². The molecule has 0 heterocycles. The van der Waals surface area contributed by atoms with E-state index in [9.17, 15) is 0 Å². The lowest BCUT2D eigenvalue weighted by atomic mass is 9.86. The van der Waals surface area contributed by atoms with Gasteiger partial charge < -0.3 is 0 Å². The first kappa shape index (κ1) is 18.5. The molecule has 0 amide bonds. The van der Waals surface area contributed by atoms with E-state index in [1.54, 1.807) is 11.1 Å². The van der Waals surface area contributed by atoms with Crippen LogP contribution in [0.3, 0.4) is 0 Å². The maximum atomic E-state index is 2.40. The molecule has 0 radical (unpaired) electrons. The van der Waals surface area contributed by atoms with Crippen molar-refractivity contribution in [2.75, 3.05) is 0 Å². The highest BCUT2D eigenvalue weighted by Gasteiger charge is 2.11. The molecule has 1 aliphatic carbocycles. The second-order valence-corrected chi connectivity index (χ2v) is 5.86. The monoisotopic (exact) mass is 296 g/mol. The van der Waals surface area contributed by atoms with Crippen LogP contribution < -0.4 is 0 Å². The first-order chi connectivity index (χ1) is 10.7. The van der Waals surface area contributed by atoms with E-state index < -0.39 is 0 Å². The van der Waals surface area contributed by atoms with Crippen LogP contribution in [0.25, 0.3) is 0 Å². The van der Waals surface area contributed by atoms with Crippen molar-refractivity contribution in [2.45, 2.75) is 66.7 Å². The molecule has 0 heteroatoms. The molecule has 0 saturated carbocycles. The quantitative estimate of drug-likeness (QED) is 0.610. The Hall–Kier alpha value is -1.56. The van der Waals surface area contributed by atoms with Gasteiger partial charge in [0.1, 0.15) is 0 Å². The summed E-state index contributed by atoms with van der Waals surface area (Å²) in [4.78, 5) is 0. The van der Waals surface area contributed by atoms with Crippen molar-refractivity contribution in [1.82, 2.24) is 0 Å². The van der Waals surface area contributed by atoms with Gasteiger partial charge in [-0.05, 0) is 56.2 Å². The molecule has 0 spiro atoms. The van der Waals surface area contributed by atoms with E-state index in [0.717, 1.165) is 0 Å². The van der Waals surface area contributed by atoms with E-state index >= 15 is 0 Å². The van der Waals surface area contributed by atoms with Gasteiger partial charge in [-0.2, -0.15) is 0 Å². The highest BCUT2D eigenvalue weighted by molar-refractivity contribution is 5.38. The van der Waals surface area contributed by atoms with Crippen molar-refractivity contribution >= 4 is 0 Å². The second-order valence-electron chi connectivity index (χ2n) is 5.86. The Morgan fingerprint density at radius 1 is 0.773 bits per heavy atom. The summed E-state index contributed by atoms with van der Waals surface area (Å²) < 4.78 is 0. The van der Waals surface area contributed by atoms with E-state index in [1.807, 2.05) is 13.8 Å². The first-order valence-corrected chi connectivity index (χ1v) is 8.83. The number of rotatable bonds is 3. The van der Waals surface area contributed by atoms with Crippen LogP contribution in [0.2, 0.25) is 0 Å². The number of hydrogen-bond donors (Lipinski definition) is 0. The van der Waals surface area contributed by atoms with Crippen LogP contribution in [0.4, 0.5) is 0 Å². The first-order valence-electron chi connectivity index (χ1n) is 8.83. The lowest BCUT2D eigenvalue weighted by Crippen LogP contribution is -2.08. The van der Waals surface area contributed by atoms with E-state index in [0.29, 0.717) is 0 Å². The third-order valence-corrected chi connectivity index (χ3v) is 3.97. The normalized spacial score (nSPS) is 11.1. The van der Waals surface area contributed by atoms with Gasteiger partial charge in [-0.3, -0.25) is 0 Å². The fourth-order valence-electron chi connectivity index (χ4n) is 2.42. The predicted octanol–water partition coefficient (Wildman–Crippen LogP) is 6.46. The van der Waals surface area contributed by atoms with Gasteiger partial charge in [0.05, 0.1) is 0 Å². The largest absolute Gasteiger partial charge is 0.0683 e. The zero-order chi connectivity index (χ0) is 16.4. The third kappa shape index (κ3) is 6.05. The molecule has 1 aliphatic rings.